The number of hydrogen-bond acceptors (Lipinski definition) is 5. The number of anilines is 1. The number of H-pyrrole nitrogens is 1. The van der Waals surface area contributed by atoms with E-state index in [-0.39, 0.29) is 11.7 Å². The molecule has 2 heterocycles. The van der Waals surface area contributed by atoms with Crippen LogP contribution in [0.25, 0.3) is 21.7 Å². The molecule has 4 rings (SSSR count). The van der Waals surface area contributed by atoms with E-state index in [1.165, 1.54) is 23.1 Å². The van der Waals surface area contributed by atoms with Crippen molar-refractivity contribution < 1.29 is 4.79 Å². The standard InChI is InChI=1S/C21H18N4OS2/c1-14-19(16-10-6-3-7-11-16)28-21(23-14)25-18(26)13-27-20-22-12-17(24-20)15-8-4-2-5-9-15/h2-12H,13H2,1H3,(H,22,24)(H,23,25,26). The molecule has 0 spiro atoms. The number of carbonyl (C=O) groups is 1. The Morgan fingerprint density at radius 1 is 1.07 bits per heavy atom. The van der Waals surface area contributed by atoms with Crippen LogP contribution in [0.3, 0.4) is 0 Å². The molecule has 5 nitrogen and oxygen atoms in total. The predicted molar refractivity (Wildman–Crippen MR) is 116 cm³/mol. The molecular formula is C21H18N4OS2. The average Bonchev–Trinajstić information content (AvgIpc) is 3.34. The fourth-order valence-corrected chi connectivity index (χ4v) is 4.37. The van der Waals surface area contributed by atoms with Crippen LogP contribution in [0.4, 0.5) is 5.13 Å². The van der Waals surface area contributed by atoms with Crippen LogP contribution in [0.5, 0.6) is 0 Å². The normalized spacial score (nSPS) is 10.8. The van der Waals surface area contributed by atoms with Gasteiger partial charge in [-0.3, -0.25) is 4.79 Å². The lowest BCUT2D eigenvalue weighted by atomic mass is 10.2. The lowest BCUT2D eigenvalue weighted by Crippen LogP contribution is -2.13. The minimum absolute atomic E-state index is 0.101. The fraction of sp³-hybridized carbons (Fsp3) is 0.0952. The number of carbonyl (C=O) groups excluding carboxylic acids is 1. The smallest absolute Gasteiger partial charge is 0.236 e. The molecule has 1 amide bonds. The van der Waals surface area contributed by atoms with Gasteiger partial charge in [-0.15, -0.1) is 0 Å². The summed E-state index contributed by atoms with van der Waals surface area (Å²) in [7, 11) is 0. The number of rotatable bonds is 6. The third-order valence-corrected chi connectivity index (χ3v) is 6.07. The van der Waals surface area contributed by atoms with Crippen LogP contribution in [0.2, 0.25) is 0 Å². The summed E-state index contributed by atoms with van der Waals surface area (Å²) >= 11 is 2.86. The van der Waals surface area contributed by atoms with Gasteiger partial charge in [0.25, 0.3) is 0 Å². The Kier molecular flexibility index (Phi) is 5.55. The maximum Gasteiger partial charge on any atom is 0.236 e. The van der Waals surface area contributed by atoms with E-state index < -0.39 is 0 Å². The van der Waals surface area contributed by atoms with Crippen LogP contribution < -0.4 is 5.32 Å². The number of aromatic amines is 1. The second-order valence-corrected chi connectivity index (χ2v) is 8.07. The van der Waals surface area contributed by atoms with Crippen molar-refractivity contribution in [3.8, 4) is 21.7 Å². The number of aromatic nitrogens is 3. The molecular weight excluding hydrogens is 388 g/mol. The summed E-state index contributed by atoms with van der Waals surface area (Å²) < 4.78 is 0. The summed E-state index contributed by atoms with van der Waals surface area (Å²) in [6, 6.07) is 20.0. The topological polar surface area (TPSA) is 70.7 Å². The Bertz CT molecular complexity index is 1070. The van der Waals surface area contributed by atoms with Crippen molar-refractivity contribution in [2.24, 2.45) is 0 Å². The molecule has 2 aromatic carbocycles. The average molecular weight is 407 g/mol. The summed E-state index contributed by atoms with van der Waals surface area (Å²) in [6.07, 6.45) is 1.78. The molecule has 0 bridgehead atoms. The minimum atomic E-state index is -0.101. The van der Waals surface area contributed by atoms with Gasteiger partial charge in [0.05, 0.1) is 28.2 Å². The molecule has 7 heteroatoms. The third-order valence-electron chi connectivity index (χ3n) is 4.06. The first kappa shape index (κ1) is 18.5. The highest BCUT2D eigenvalue weighted by Gasteiger charge is 2.13. The van der Waals surface area contributed by atoms with Crippen LogP contribution in [0.1, 0.15) is 5.69 Å². The molecule has 0 unspecified atom stereocenters. The molecule has 2 N–H and O–H groups in total. The van der Waals surface area contributed by atoms with E-state index in [0.717, 1.165) is 27.4 Å². The van der Waals surface area contributed by atoms with Crippen LogP contribution >= 0.6 is 23.1 Å². The molecule has 0 saturated heterocycles. The zero-order chi connectivity index (χ0) is 19.3. The maximum absolute atomic E-state index is 12.3. The minimum Gasteiger partial charge on any atom is -0.333 e. The van der Waals surface area contributed by atoms with Crippen molar-refractivity contribution in [1.29, 1.82) is 0 Å². The molecule has 28 heavy (non-hydrogen) atoms. The SMILES string of the molecule is Cc1nc(NC(=O)CSc2ncc(-c3ccccc3)[nH]2)sc1-c1ccccc1. The molecule has 0 aliphatic carbocycles. The quantitative estimate of drug-likeness (QED) is 0.430. The van der Waals surface area contributed by atoms with Crippen molar-refractivity contribution in [2.75, 3.05) is 11.1 Å². The summed E-state index contributed by atoms with van der Waals surface area (Å²) in [5.41, 5.74) is 4.03. The molecule has 2 aromatic heterocycles. The number of thiazole rings is 1. The van der Waals surface area contributed by atoms with Crippen LogP contribution in [-0.4, -0.2) is 26.6 Å². The van der Waals surface area contributed by atoms with Gasteiger partial charge in [0.2, 0.25) is 5.91 Å². The number of aryl methyl sites for hydroxylation is 1. The Balaban J connectivity index is 1.36. The monoisotopic (exact) mass is 406 g/mol. The lowest BCUT2D eigenvalue weighted by Gasteiger charge is -2.00. The van der Waals surface area contributed by atoms with Crippen molar-refractivity contribution in [3.63, 3.8) is 0 Å². The molecule has 0 atom stereocenters. The van der Waals surface area contributed by atoms with E-state index in [0.29, 0.717) is 10.3 Å². The van der Waals surface area contributed by atoms with E-state index in [9.17, 15) is 4.79 Å². The first-order valence-corrected chi connectivity index (χ1v) is 10.5. The Labute approximate surface area is 171 Å². The molecule has 0 aliphatic rings. The van der Waals surface area contributed by atoms with Gasteiger partial charge in [-0.1, -0.05) is 83.8 Å². The van der Waals surface area contributed by atoms with Gasteiger partial charge >= 0.3 is 0 Å². The Hall–Kier alpha value is -2.90. The number of amides is 1. The first-order valence-electron chi connectivity index (χ1n) is 8.75. The second-order valence-electron chi connectivity index (χ2n) is 6.10. The molecule has 140 valence electrons. The van der Waals surface area contributed by atoms with Crippen LogP contribution in [0.15, 0.2) is 72.0 Å². The highest BCUT2D eigenvalue weighted by molar-refractivity contribution is 7.99. The predicted octanol–water partition coefficient (Wildman–Crippen LogP) is 5.24. The zero-order valence-electron chi connectivity index (χ0n) is 15.2. The van der Waals surface area contributed by atoms with Crippen molar-refractivity contribution in [3.05, 3.63) is 72.6 Å². The Morgan fingerprint density at radius 3 is 2.46 bits per heavy atom. The second kappa shape index (κ2) is 8.41. The molecule has 4 aromatic rings. The van der Waals surface area contributed by atoms with Gasteiger partial charge < -0.3 is 10.3 Å². The molecule has 0 fully saturated rings. The number of hydrogen-bond donors (Lipinski definition) is 2. The van der Waals surface area contributed by atoms with E-state index in [1.807, 2.05) is 67.6 Å². The number of thioether (sulfide) groups is 1. The summed E-state index contributed by atoms with van der Waals surface area (Å²) in [6.45, 7) is 1.96. The van der Waals surface area contributed by atoms with Gasteiger partial charge in [-0.2, -0.15) is 0 Å². The third kappa shape index (κ3) is 4.32. The van der Waals surface area contributed by atoms with Crippen LogP contribution in [0, 0.1) is 6.92 Å². The number of imidazole rings is 1. The van der Waals surface area contributed by atoms with Gasteiger partial charge in [-0.25, -0.2) is 9.97 Å². The lowest BCUT2D eigenvalue weighted by molar-refractivity contribution is -0.113. The van der Waals surface area contributed by atoms with Crippen LogP contribution in [-0.2, 0) is 4.79 Å². The molecule has 0 aliphatic heterocycles. The van der Waals surface area contributed by atoms with Crippen molar-refractivity contribution in [2.45, 2.75) is 12.1 Å². The number of benzene rings is 2. The summed E-state index contributed by atoms with van der Waals surface area (Å²) in [4.78, 5) is 25.4. The number of nitrogens with zero attached hydrogens (tertiary/aromatic N) is 2. The van der Waals surface area contributed by atoms with Gasteiger partial charge in [0.1, 0.15) is 0 Å². The Morgan fingerprint density at radius 2 is 1.75 bits per heavy atom. The summed E-state index contributed by atoms with van der Waals surface area (Å²) in [5.74, 6) is 0.164. The summed E-state index contributed by atoms with van der Waals surface area (Å²) in [5, 5.41) is 4.22. The molecule has 0 saturated carbocycles. The first-order chi connectivity index (χ1) is 13.7. The zero-order valence-corrected chi connectivity index (χ0v) is 16.8. The molecule has 0 radical (unpaired) electrons. The van der Waals surface area contributed by atoms with E-state index in [2.05, 4.69) is 20.3 Å². The van der Waals surface area contributed by atoms with Gasteiger partial charge in [0.15, 0.2) is 10.3 Å². The number of nitrogens with one attached hydrogen (secondary N) is 2. The van der Waals surface area contributed by atoms with Crippen molar-refractivity contribution >= 4 is 34.1 Å². The van der Waals surface area contributed by atoms with E-state index in [4.69, 9.17) is 0 Å². The van der Waals surface area contributed by atoms with E-state index >= 15 is 0 Å². The highest BCUT2D eigenvalue weighted by Crippen LogP contribution is 2.32. The highest BCUT2D eigenvalue weighted by atomic mass is 32.2. The van der Waals surface area contributed by atoms with Gasteiger partial charge in [0, 0.05) is 0 Å². The van der Waals surface area contributed by atoms with E-state index in [1.54, 1.807) is 6.20 Å². The fourth-order valence-electron chi connectivity index (χ4n) is 2.74. The largest absolute Gasteiger partial charge is 0.333 e. The van der Waals surface area contributed by atoms with Crippen molar-refractivity contribution in [1.82, 2.24) is 15.0 Å². The maximum atomic E-state index is 12.3. The van der Waals surface area contributed by atoms with Gasteiger partial charge in [-0.05, 0) is 18.1 Å².